The van der Waals surface area contributed by atoms with Gasteiger partial charge >= 0.3 is 0 Å². The minimum absolute atomic E-state index is 0.709. The Bertz CT molecular complexity index is 386. The highest BCUT2D eigenvalue weighted by Crippen LogP contribution is 2.32. The molecule has 106 valence electrons. The van der Waals surface area contributed by atoms with E-state index in [9.17, 15) is 0 Å². The molecule has 0 amide bonds. The summed E-state index contributed by atoms with van der Waals surface area (Å²) < 4.78 is 11.5. The lowest BCUT2D eigenvalue weighted by Crippen LogP contribution is -2.17. The van der Waals surface area contributed by atoms with Crippen molar-refractivity contribution >= 4 is 0 Å². The van der Waals surface area contributed by atoms with Crippen LogP contribution in [0.3, 0.4) is 0 Å². The number of rotatable bonds is 6. The number of hydrogen-bond acceptors (Lipinski definition) is 3. The van der Waals surface area contributed by atoms with Crippen molar-refractivity contribution in [2.45, 2.75) is 38.6 Å². The van der Waals surface area contributed by atoms with Crippen LogP contribution in [0.15, 0.2) is 18.2 Å². The van der Waals surface area contributed by atoms with Crippen molar-refractivity contribution in [3.8, 4) is 11.5 Å². The van der Waals surface area contributed by atoms with Gasteiger partial charge in [0.2, 0.25) is 0 Å². The Morgan fingerprint density at radius 2 is 2.00 bits per heavy atom. The normalized spacial score (nSPS) is 16.3. The maximum Gasteiger partial charge on any atom is 0.165 e. The molecule has 0 heterocycles. The van der Waals surface area contributed by atoms with Crippen LogP contribution in [0.5, 0.6) is 11.5 Å². The van der Waals surface area contributed by atoms with Crippen molar-refractivity contribution in [3.05, 3.63) is 23.8 Å². The maximum atomic E-state index is 6.09. The summed E-state index contributed by atoms with van der Waals surface area (Å²) in [6.07, 6.45) is 6.69. The van der Waals surface area contributed by atoms with Crippen LogP contribution in [0.1, 0.15) is 37.7 Å². The first kappa shape index (κ1) is 14.2. The highest BCUT2D eigenvalue weighted by Gasteiger charge is 2.16. The number of methoxy groups -OCH3 is 1. The van der Waals surface area contributed by atoms with Crippen molar-refractivity contribution < 1.29 is 9.47 Å². The van der Waals surface area contributed by atoms with Gasteiger partial charge in [0.25, 0.3) is 0 Å². The molecule has 1 aliphatic carbocycles. The molecule has 0 atom stereocenters. The molecule has 1 N–H and O–H groups in total. The monoisotopic (exact) mass is 263 g/mol. The van der Waals surface area contributed by atoms with Crippen LogP contribution in [-0.4, -0.2) is 20.8 Å². The average molecular weight is 263 g/mol. The fourth-order valence-electron chi connectivity index (χ4n) is 2.77. The first-order chi connectivity index (χ1) is 9.35. The zero-order valence-corrected chi connectivity index (χ0v) is 12.1. The quantitative estimate of drug-likeness (QED) is 0.853. The van der Waals surface area contributed by atoms with Crippen LogP contribution in [0.4, 0.5) is 0 Å². The van der Waals surface area contributed by atoms with E-state index < -0.39 is 0 Å². The maximum absolute atomic E-state index is 6.09. The van der Waals surface area contributed by atoms with Gasteiger partial charge < -0.3 is 14.8 Å². The highest BCUT2D eigenvalue weighted by atomic mass is 16.5. The zero-order valence-electron chi connectivity index (χ0n) is 12.1. The van der Waals surface area contributed by atoms with E-state index in [1.807, 2.05) is 19.2 Å². The summed E-state index contributed by atoms with van der Waals surface area (Å²) in [6, 6.07) is 6.07. The van der Waals surface area contributed by atoms with Crippen LogP contribution in [0.25, 0.3) is 0 Å². The van der Waals surface area contributed by atoms with Gasteiger partial charge in [-0.15, -0.1) is 0 Å². The van der Waals surface area contributed by atoms with E-state index in [-0.39, 0.29) is 0 Å². The number of ether oxygens (including phenoxy) is 2. The average Bonchev–Trinajstić information content (AvgIpc) is 2.47. The smallest absolute Gasteiger partial charge is 0.165 e. The Morgan fingerprint density at radius 1 is 1.21 bits per heavy atom. The molecule has 0 aliphatic heterocycles. The Balaban J connectivity index is 2.03. The minimum atomic E-state index is 0.709. The Hall–Kier alpha value is -1.22. The molecule has 0 spiro atoms. The second kappa shape index (κ2) is 7.39. The van der Waals surface area contributed by atoms with E-state index >= 15 is 0 Å². The lowest BCUT2D eigenvalue weighted by Gasteiger charge is -2.23. The van der Waals surface area contributed by atoms with Crippen LogP contribution < -0.4 is 14.8 Å². The standard InChI is InChI=1S/C16H25NO2/c1-17-11-14-9-6-10-15(18-2)16(14)19-12-13-7-4-3-5-8-13/h6,9-10,13,17H,3-5,7-8,11-12H2,1-2H3. The van der Waals surface area contributed by atoms with E-state index in [1.165, 1.54) is 32.1 Å². The summed E-state index contributed by atoms with van der Waals surface area (Å²) in [5.74, 6) is 2.45. The van der Waals surface area contributed by atoms with Gasteiger partial charge in [0.1, 0.15) is 0 Å². The first-order valence-corrected chi connectivity index (χ1v) is 7.28. The molecule has 1 aromatic rings. The number of para-hydroxylation sites is 1. The summed E-state index contributed by atoms with van der Waals surface area (Å²) in [5.41, 5.74) is 1.16. The third kappa shape index (κ3) is 3.87. The van der Waals surface area contributed by atoms with Gasteiger partial charge in [0, 0.05) is 12.1 Å². The molecule has 0 saturated heterocycles. The van der Waals surface area contributed by atoms with Gasteiger partial charge in [-0.1, -0.05) is 31.4 Å². The third-order valence-corrected chi connectivity index (χ3v) is 3.84. The predicted molar refractivity (Wildman–Crippen MR) is 77.8 cm³/mol. The molecule has 1 saturated carbocycles. The fraction of sp³-hybridized carbons (Fsp3) is 0.625. The van der Waals surface area contributed by atoms with Gasteiger partial charge in [-0.05, 0) is 31.9 Å². The molecule has 1 aliphatic rings. The lowest BCUT2D eigenvalue weighted by atomic mass is 9.90. The summed E-state index contributed by atoms with van der Waals surface area (Å²) in [5, 5.41) is 3.18. The molecule has 0 radical (unpaired) electrons. The van der Waals surface area contributed by atoms with E-state index in [2.05, 4.69) is 11.4 Å². The largest absolute Gasteiger partial charge is 0.493 e. The Kier molecular flexibility index (Phi) is 5.52. The SMILES string of the molecule is CNCc1cccc(OC)c1OCC1CCCCC1. The molecule has 0 unspecified atom stereocenters. The van der Waals surface area contributed by atoms with E-state index in [0.29, 0.717) is 5.92 Å². The van der Waals surface area contributed by atoms with E-state index in [1.54, 1.807) is 7.11 Å². The van der Waals surface area contributed by atoms with Crippen molar-refractivity contribution in [2.24, 2.45) is 5.92 Å². The number of nitrogens with one attached hydrogen (secondary N) is 1. The minimum Gasteiger partial charge on any atom is -0.493 e. The zero-order chi connectivity index (χ0) is 13.5. The lowest BCUT2D eigenvalue weighted by molar-refractivity contribution is 0.200. The summed E-state index contributed by atoms with van der Waals surface area (Å²) in [7, 11) is 3.65. The van der Waals surface area contributed by atoms with Crippen molar-refractivity contribution in [2.75, 3.05) is 20.8 Å². The number of hydrogen-bond donors (Lipinski definition) is 1. The van der Waals surface area contributed by atoms with Gasteiger partial charge in [-0.25, -0.2) is 0 Å². The van der Waals surface area contributed by atoms with Crippen LogP contribution in [-0.2, 0) is 6.54 Å². The molecule has 3 heteroatoms. The first-order valence-electron chi connectivity index (χ1n) is 7.28. The van der Waals surface area contributed by atoms with Crippen molar-refractivity contribution in [1.82, 2.24) is 5.32 Å². The van der Waals surface area contributed by atoms with Crippen LogP contribution >= 0.6 is 0 Å². The topological polar surface area (TPSA) is 30.5 Å². The van der Waals surface area contributed by atoms with Gasteiger partial charge in [0.05, 0.1) is 13.7 Å². The van der Waals surface area contributed by atoms with Crippen molar-refractivity contribution in [3.63, 3.8) is 0 Å². The number of benzene rings is 1. The highest BCUT2D eigenvalue weighted by molar-refractivity contribution is 5.46. The molecule has 0 aromatic heterocycles. The summed E-state index contributed by atoms with van der Waals surface area (Å²) in [4.78, 5) is 0. The molecule has 1 fully saturated rings. The van der Waals surface area contributed by atoms with E-state index in [4.69, 9.17) is 9.47 Å². The third-order valence-electron chi connectivity index (χ3n) is 3.84. The second-order valence-electron chi connectivity index (χ2n) is 5.29. The summed E-state index contributed by atoms with van der Waals surface area (Å²) in [6.45, 7) is 1.62. The van der Waals surface area contributed by atoms with Gasteiger partial charge in [-0.3, -0.25) is 0 Å². The molecular weight excluding hydrogens is 238 g/mol. The Labute approximate surface area is 116 Å². The fourth-order valence-corrected chi connectivity index (χ4v) is 2.77. The van der Waals surface area contributed by atoms with E-state index in [0.717, 1.165) is 30.2 Å². The molecule has 0 bridgehead atoms. The van der Waals surface area contributed by atoms with Crippen LogP contribution in [0, 0.1) is 5.92 Å². The molecule has 2 rings (SSSR count). The van der Waals surface area contributed by atoms with Crippen LogP contribution in [0.2, 0.25) is 0 Å². The Morgan fingerprint density at radius 3 is 2.68 bits per heavy atom. The molecule has 3 nitrogen and oxygen atoms in total. The summed E-state index contributed by atoms with van der Waals surface area (Å²) >= 11 is 0. The predicted octanol–water partition coefficient (Wildman–Crippen LogP) is 3.37. The molecule has 1 aromatic carbocycles. The molecule has 19 heavy (non-hydrogen) atoms. The van der Waals surface area contributed by atoms with Gasteiger partial charge in [0.15, 0.2) is 11.5 Å². The van der Waals surface area contributed by atoms with Crippen molar-refractivity contribution in [1.29, 1.82) is 0 Å². The molecular formula is C16H25NO2. The van der Waals surface area contributed by atoms with Gasteiger partial charge in [-0.2, -0.15) is 0 Å². The second-order valence-corrected chi connectivity index (χ2v) is 5.29.